The molecule has 2 aliphatic rings. The van der Waals surface area contributed by atoms with Gasteiger partial charge in [0.1, 0.15) is 0 Å². The van der Waals surface area contributed by atoms with Crippen LogP contribution in [0, 0.1) is 0 Å². The average molecular weight is 320 g/mol. The molecule has 1 heterocycles. The second kappa shape index (κ2) is 7.43. The molecule has 0 bridgehead atoms. The fraction of sp³-hybridized carbons (Fsp3) is 0.824. The largest absolute Gasteiger partial charge is 0.352 e. The number of aromatic nitrogens is 2. The van der Waals surface area contributed by atoms with Crippen molar-refractivity contribution in [2.75, 3.05) is 7.05 Å². The van der Waals surface area contributed by atoms with E-state index in [1.165, 1.54) is 19.3 Å². The van der Waals surface area contributed by atoms with Crippen LogP contribution in [0.5, 0.6) is 0 Å². The molecule has 0 saturated heterocycles. The third-order valence-electron chi connectivity index (χ3n) is 5.25. The molecule has 1 unspecified atom stereocenters. The average Bonchev–Trinajstić information content (AvgIpc) is 3.10. The van der Waals surface area contributed by atoms with Crippen LogP contribution in [0.15, 0.2) is 4.52 Å². The van der Waals surface area contributed by atoms with E-state index in [4.69, 9.17) is 4.52 Å². The Bertz CT molecular complexity index is 520. The Morgan fingerprint density at radius 1 is 1.30 bits per heavy atom. The van der Waals surface area contributed by atoms with E-state index in [2.05, 4.69) is 15.5 Å². The van der Waals surface area contributed by atoms with Crippen LogP contribution in [-0.2, 0) is 11.3 Å². The number of rotatable bonds is 7. The van der Waals surface area contributed by atoms with Gasteiger partial charge in [0.05, 0.1) is 12.6 Å². The van der Waals surface area contributed by atoms with Gasteiger partial charge in [0.2, 0.25) is 11.8 Å². The predicted molar refractivity (Wildman–Crippen MR) is 86.8 cm³/mol. The molecule has 6 nitrogen and oxygen atoms in total. The van der Waals surface area contributed by atoms with Crippen molar-refractivity contribution in [3.8, 4) is 0 Å². The predicted octanol–water partition coefficient (Wildman–Crippen LogP) is 2.61. The molecule has 2 aliphatic carbocycles. The summed E-state index contributed by atoms with van der Waals surface area (Å²) in [5, 5.41) is 7.27. The van der Waals surface area contributed by atoms with Crippen LogP contribution in [-0.4, -0.2) is 40.1 Å². The summed E-state index contributed by atoms with van der Waals surface area (Å²) in [7, 11) is 1.96. The van der Waals surface area contributed by atoms with E-state index in [-0.39, 0.29) is 11.9 Å². The van der Waals surface area contributed by atoms with Gasteiger partial charge in [-0.2, -0.15) is 4.98 Å². The Balaban J connectivity index is 1.54. The topological polar surface area (TPSA) is 71.3 Å². The molecule has 1 aromatic heterocycles. The molecule has 23 heavy (non-hydrogen) atoms. The van der Waals surface area contributed by atoms with Crippen LogP contribution < -0.4 is 5.32 Å². The minimum atomic E-state index is -0.138. The highest BCUT2D eigenvalue weighted by molar-refractivity contribution is 5.81. The van der Waals surface area contributed by atoms with Crippen LogP contribution in [0.3, 0.4) is 0 Å². The van der Waals surface area contributed by atoms with Crippen molar-refractivity contribution in [3.63, 3.8) is 0 Å². The maximum atomic E-state index is 12.5. The van der Waals surface area contributed by atoms with Crippen LogP contribution >= 0.6 is 0 Å². The molecular formula is C17H28N4O2. The number of carbonyl (C=O) groups excluding carboxylic acids is 1. The lowest BCUT2D eigenvalue weighted by Gasteiger charge is -2.26. The molecule has 2 fully saturated rings. The summed E-state index contributed by atoms with van der Waals surface area (Å²) in [6, 6.07) is 0.224. The van der Waals surface area contributed by atoms with Crippen molar-refractivity contribution in [1.82, 2.24) is 20.4 Å². The Morgan fingerprint density at radius 2 is 2.04 bits per heavy atom. The molecule has 1 N–H and O–H groups in total. The van der Waals surface area contributed by atoms with Gasteiger partial charge in [0.15, 0.2) is 5.82 Å². The van der Waals surface area contributed by atoms with Gasteiger partial charge in [-0.1, -0.05) is 31.3 Å². The summed E-state index contributed by atoms with van der Waals surface area (Å²) in [5.74, 6) is 2.03. The SMILES string of the molecule is CCC(C(=O)NC1CCCC1)N(C)Cc1noc(C2CCC2)n1. The maximum Gasteiger partial charge on any atom is 0.237 e. The molecule has 1 atom stereocenters. The van der Waals surface area contributed by atoms with Crippen LogP contribution in [0.25, 0.3) is 0 Å². The lowest BCUT2D eigenvalue weighted by molar-refractivity contribution is -0.127. The zero-order valence-corrected chi connectivity index (χ0v) is 14.3. The van der Waals surface area contributed by atoms with Gasteiger partial charge in [-0.25, -0.2) is 0 Å². The normalized spacial score (nSPS) is 20.7. The molecule has 0 aromatic carbocycles. The van der Waals surface area contributed by atoms with Gasteiger partial charge in [-0.05, 0) is 39.2 Å². The van der Waals surface area contributed by atoms with Crippen molar-refractivity contribution in [2.24, 2.45) is 0 Å². The first-order valence-electron chi connectivity index (χ1n) is 9.00. The fourth-order valence-corrected chi connectivity index (χ4v) is 3.55. The first kappa shape index (κ1) is 16.4. The van der Waals surface area contributed by atoms with E-state index in [1.54, 1.807) is 0 Å². The zero-order valence-electron chi connectivity index (χ0n) is 14.3. The quantitative estimate of drug-likeness (QED) is 0.836. The lowest BCUT2D eigenvalue weighted by atomic mass is 9.85. The minimum absolute atomic E-state index is 0.129. The monoisotopic (exact) mass is 320 g/mol. The summed E-state index contributed by atoms with van der Waals surface area (Å²) < 4.78 is 5.36. The summed E-state index contributed by atoms with van der Waals surface area (Å²) in [4.78, 5) is 19.0. The molecule has 6 heteroatoms. The van der Waals surface area contributed by atoms with Crippen molar-refractivity contribution in [3.05, 3.63) is 11.7 Å². The molecule has 128 valence electrons. The minimum Gasteiger partial charge on any atom is -0.352 e. The first-order valence-corrected chi connectivity index (χ1v) is 9.00. The summed E-state index contributed by atoms with van der Waals surface area (Å²) in [5.41, 5.74) is 0. The smallest absolute Gasteiger partial charge is 0.237 e. The Kier molecular flexibility index (Phi) is 5.30. The highest BCUT2D eigenvalue weighted by Crippen LogP contribution is 2.35. The second-order valence-electron chi connectivity index (χ2n) is 7.01. The van der Waals surface area contributed by atoms with Crippen LogP contribution in [0.1, 0.15) is 75.9 Å². The highest BCUT2D eigenvalue weighted by atomic mass is 16.5. The Hall–Kier alpha value is -1.43. The number of amides is 1. The van der Waals surface area contributed by atoms with Crippen molar-refractivity contribution in [1.29, 1.82) is 0 Å². The van der Waals surface area contributed by atoms with Gasteiger partial charge < -0.3 is 9.84 Å². The van der Waals surface area contributed by atoms with E-state index in [0.29, 0.717) is 24.3 Å². The van der Waals surface area contributed by atoms with E-state index < -0.39 is 0 Å². The number of carbonyl (C=O) groups is 1. The molecular weight excluding hydrogens is 292 g/mol. The third kappa shape index (κ3) is 3.91. The van der Waals surface area contributed by atoms with E-state index in [9.17, 15) is 4.79 Å². The van der Waals surface area contributed by atoms with Gasteiger partial charge in [0.25, 0.3) is 0 Å². The van der Waals surface area contributed by atoms with Gasteiger partial charge in [0, 0.05) is 12.0 Å². The highest BCUT2D eigenvalue weighted by Gasteiger charge is 2.28. The third-order valence-corrected chi connectivity index (χ3v) is 5.25. The van der Waals surface area contributed by atoms with Crippen molar-refractivity contribution < 1.29 is 9.32 Å². The van der Waals surface area contributed by atoms with E-state index in [0.717, 1.165) is 38.0 Å². The summed E-state index contributed by atoms with van der Waals surface area (Å²) in [6.45, 7) is 2.60. The fourth-order valence-electron chi connectivity index (χ4n) is 3.55. The lowest BCUT2D eigenvalue weighted by Crippen LogP contribution is -2.47. The van der Waals surface area contributed by atoms with Crippen molar-refractivity contribution >= 4 is 5.91 Å². The maximum absolute atomic E-state index is 12.5. The van der Waals surface area contributed by atoms with Gasteiger partial charge in [-0.3, -0.25) is 9.69 Å². The molecule has 1 amide bonds. The van der Waals surface area contributed by atoms with Crippen LogP contribution in [0.2, 0.25) is 0 Å². The molecule has 3 rings (SSSR count). The van der Waals surface area contributed by atoms with Crippen molar-refractivity contribution in [2.45, 2.75) is 82.8 Å². The molecule has 1 aromatic rings. The number of nitrogens with zero attached hydrogens (tertiary/aromatic N) is 3. The van der Waals surface area contributed by atoms with Gasteiger partial charge >= 0.3 is 0 Å². The number of hydrogen-bond donors (Lipinski definition) is 1. The van der Waals surface area contributed by atoms with E-state index in [1.807, 2.05) is 18.9 Å². The first-order chi connectivity index (χ1) is 11.2. The molecule has 2 saturated carbocycles. The Morgan fingerprint density at radius 3 is 2.65 bits per heavy atom. The Labute approximate surface area is 138 Å². The summed E-state index contributed by atoms with van der Waals surface area (Å²) >= 11 is 0. The number of likely N-dealkylation sites (N-methyl/N-ethyl adjacent to an activating group) is 1. The standard InChI is InChI=1S/C17H28N4O2/c1-3-14(16(22)18-13-9-4-5-10-13)21(2)11-15-19-17(23-20-15)12-7-6-8-12/h12-14H,3-11H2,1-2H3,(H,18,22). The number of nitrogens with one attached hydrogen (secondary N) is 1. The summed E-state index contributed by atoms with van der Waals surface area (Å²) in [6.07, 6.45) is 9.01. The molecule has 0 spiro atoms. The zero-order chi connectivity index (χ0) is 16.2. The second-order valence-corrected chi connectivity index (χ2v) is 7.01. The van der Waals surface area contributed by atoms with E-state index >= 15 is 0 Å². The number of hydrogen-bond acceptors (Lipinski definition) is 5. The van der Waals surface area contributed by atoms with Crippen LogP contribution in [0.4, 0.5) is 0 Å². The molecule has 0 radical (unpaired) electrons. The molecule has 0 aliphatic heterocycles. The van der Waals surface area contributed by atoms with Gasteiger partial charge in [-0.15, -0.1) is 0 Å².